The number of carbonyl (C=O) groups excluding carboxylic acids is 1. The Kier molecular flexibility index (Phi) is 6.51. The van der Waals surface area contributed by atoms with E-state index in [0.717, 1.165) is 0 Å². The maximum Gasteiger partial charge on any atom is 0.240 e. The largest absolute Gasteiger partial charge is 0.325 e. The van der Waals surface area contributed by atoms with E-state index in [1.807, 2.05) is 0 Å². The molecule has 0 fully saturated rings. The summed E-state index contributed by atoms with van der Waals surface area (Å²) >= 11 is 1.25. The van der Waals surface area contributed by atoms with E-state index in [0.29, 0.717) is 10.8 Å². The molecule has 0 aliphatic heterocycles. The maximum absolute atomic E-state index is 12.2. The van der Waals surface area contributed by atoms with Crippen LogP contribution >= 0.6 is 11.8 Å². The van der Waals surface area contributed by atoms with Crippen molar-refractivity contribution < 1.29 is 13.2 Å². The number of nitrogens with one attached hydrogen (secondary N) is 2. The molecule has 0 spiro atoms. The number of sulfonamides is 1. The topological polar surface area (TPSA) is 101 Å². The summed E-state index contributed by atoms with van der Waals surface area (Å²) in [5, 5.41) is 2.88. The summed E-state index contributed by atoms with van der Waals surface area (Å²) in [6.45, 7) is 5.26. The summed E-state index contributed by atoms with van der Waals surface area (Å²) in [5.41, 5.74) is 0.523. The van der Waals surface area contributed by atoms with Gasteiger partial charge in [0.2, 0.25) is 15.9 Å². The van der Waals surface area contributed by atoms with Crippen molar-refractivity contribution in [3.05, 3.63) is 42.7 Å². The van der Waals surface area contributed by atoms with Gasteiger partial charge in [0.25, 0.3) is 0 Å². The monoisotopic (exact) mass is 380 g/mol. The van der Waals surface area contributed by atoms with Crippen LogP contribution in [-0.4, -0.2) is 35.6 Å². The number of hydrogen-bond acceptors (Lipinski definition) is 6. The van der Waals surface area contributed by atoms with Crippen molar-refractivity contribution in [3.63, 3.8) is 0 Å². The van der Waals surface area contributed by atoms with Gasteiger partial charge in [-0.15, -0.1) is 0 Å². The van der Waals surface area contributed by atoms with Gasteiger partial charge >= 0.3 is 0 Å². The summed E-state index contributed by atoms with van der Waals surface area (Å²) < 4.78 is 26.7. The average molecular weight is 380 g/mol. The number of thioether (sulfide) groups is 1. The summed E-state index contributed by atoms with van der Waals surface area (Å²) in [7, 11) is -3.55. The SMILES string of the molecule is CC(C)NS(=O)(=O)c1ccc(NC(=O)[C@@H](C)Sc2ncccn2)cc1. The third-order valence-electron chi connectivity index (χ3n) is 3.02. The fourth-order valence-electron chi connectivity index (χ4n) is 1.90. The molecule has 7 nitrogen and oxygen atoms in total. The van der Waals surface area contributed by atoms with E-state index >= 15 is 0 Å². The van der Waals surface area contributed by atoms with E-state index in [1.54, 1.807) is 51.4 Å². The van der Waals surface area contributed by atoms with Crippen LogP contribution in [0.3, 0.4) is 0 Å². The number of carbonyl (C=O) groups is 1. The Labute approximate surface area is 151 Å². The molecule has 0 aliphatic rings. The van der Waals surface area contributed by atoms with E-state index in [2.05, 4.69) is 20.0 Å². The van der Waals surface area contributed by atoms with Crippen LogP contribution in [0, 0.1) is 0 Å². The minimum absolute atomic E-state index is 0.152. The Morgan fingerprint density at radius 2 is 1.68 bits per heavy atom. The molecule has 0 radical (unpaired) electrons. The van der Waals surface area contributed by atoms with Gasteiger partial charge in [-0.05, 0) is 51.1 Å². The highest BCUT2D eigenvalue weighted by molar-refractivity contribution is 8.00. The van der Waals surface area contributed by atoms with Crippen molar-refractivity contribution >= 4 is 33.4 Å². The molecule has 1 atom stereocenters. The lowest BCUT2D eigenvalue weighted by molar-refractivity contribution is -0.115. The van der Waals surface area contributed by atoms with Gasteiger partial charge in [-0.25, -0.2) is 23.1 Å². The number of amides is 1. The fraction of sp³-hybridized carbons (Fsp3) is 0.312. The fourth-order valence-corrected chi connectivity index (χ4v) is 3.87. The van der Waals surface area contributed by atoms with E-state index < -0.39 is 15.3 Å². The van der Waals surface area contributed by atoms with Gasteiger partial charge < -0.3 is 5.32 Å². The Hall–Kier alpha value is -1.97. The summed E-state index contributed by atoms with van der Waals surface area (Å²) in [6.07, 6.45) is 3.23. The normalized spacial score (nSPS) is 12.8. The first kappa shape index (κ1) is 19.4. The van der Waals surface area contributed by atoms with Crippen molar-refractivity contribution in [2.45, 2.75) is 42.1 Å². The molecular weight excluding hydrogens is 360 g/mol. The van der Waals surface area contributed by atoms with E-state index in [-0.39, 0.29) is 16.8 Å². The standard InChI is InChI=1S/C16H20N4O3S2/c1-11(2)20-25(22,23)14-7-5-13(6-8-14)19-15(21)12(3)24-16-17-9-4-10-18-16/h4-12,20H,1-3H3,(H,19,21)/t12-/m1/s1. The van der Waals surface area contributed by atoms with Crippen molar-refractivity contribution in [2.75, 3.05) is 5.32 Å². The highest BCUT2D eigenvalue weighted by Gasteiger charge is 2.17. The second kappa shape index (κ2) is 8.41. The van der Waals surface area contributed by atoms with Gasteiger partial charge in [-0.3, -0.25) is 4.79 Å². The molecule has 1 aromatic carbocycles. The summed E-state index contributed by atoms with van der Waals surface area (Å²) in [5.74, 6) is -0.214. The van der Waals surface area contributed by atoms with Crippen LogP contribution in [0.5, 0.6) is 0 Å². The van der Waals surface area contributed by atoms with E-state index in [4.69, 9.17) is 0 Å². The predicted octanol–water partition coefficient (Wildman–Crippen LogP) is 2.28. The molecule has 1 amide bonds. The third-order valence-corrected chi connectivity index (χ3v) is 5.68. The first-order valence-electron chi connectivity index (χ1n) is 7.65. The lowest BCUT2D eigenvalue weighted by Gasteiger charge is -2.12. The number of nitrogens with zero attached hydrogens (tertiary/aromatic N) is 2. The lowest BCUT2D eigenvalue weighted by Crippen LogP contribution is -2.30. The summed E-state index contributed by atoms with van der Waals surface area (Å²) in [6, 6.07) is 7.55. The lowest BCUT2D eigenvalue weighted by atomic mass is 10.3. The van der Waals surface area contributed by atoms with Crippen LogP contribution in [0.15, 0.2) is 52.8 Å². The van der Waals surface area contributed by atoms with Crippen LogP contribution < -0.4 is 10.0 Å². The van der Waals surface area contributed by atoms with Crippen LogP contribution in [-0.2, 0) is 14.8 Å². The van der Waals surface area contributed by atoms with Gasteiger partial charge in [-0.1, -0.05) is 11.8 Å². The van der Waals surface area contributed by atoms with Crippen LogP contribution in [0.2, 0.25) is 0 Å². The highest BCUT2D eigenvalue weighted by Crippen LogP contribution is 2.20. The molecule has 25 heavy (non-hydrogen) atoms. The van der Waals surface area contributed by atoms with Crippen LogP contribution in [0.25, 0.3) is 0 Å². The maximum atomic E-state index is 12.2. The molecule has 1 aromatic heterocycles. The van der Waals surface area contributed by atoms with Crippen molar-refractivity contribution in [2.24, 2.45) is 0 Å². The zero-order chi connectivity index (χ0) is 18.4. The highest BCUT2D eigenvalue weighted by atomic mass is 32.2. The van der Waals surface area contributed by atoms with Gasteiger partial charge in [0.15, 0.2) is 5.16 Å². The van der Waals surface area contributed by atoms with Gasteiger partial charge in [0, 0.05) is 24.1 Å². The van der Waals surface area contributed by atoms with Crippen molar-refractivity contribution in [1.82, 2.24) is 14.7 Å². The second-order valence-corrected chi connectivity index (χ2v) is 8.60. The van der Waals surface area contributed by atoms with E-state index in [9.17, 15) is 13.2 Å². The molecule has 9 heteroatoms. The minimum Gasteiger partial charge on any atom is -0.325 e. The number of rotatable bonds is 7. The first-order chi connectivity index (χ1) is 11.8. The van der Waals surface area contributed by atoms with Crippen molar-refractivity contribution in [1.29, 1.82) is 0 Å². The zero-order valence-electron chi connectivity index (χ0n) is 14.1. The Balaban J connectivity index is 1.99. The quantitative estimate of drug-likeness (QED) is 0.564. The molecule has 2 N–H and O–H groups in total. The Bertz CT molecular complexity index is 809. The Morgan fingerprint density at radius 1 is 1.08 bits per heavy atom. The third kappa shape index (κ3) is 5.80. The molecule has 0 saturated carbocycles. The zero-order valence-corrected chi connectivity index (χ0v) is 15.8. The van der Waals surface area contributed by atoms with Crippen LogP contribution in [0.4, 0.5) is 5.69 Å². The molecule has 0 bridgehead atoms. The van der Waals surface area contributed by atoms with Crippen molar-refractivity contribution in [3.8, 4) is 0 Å². The average Bonchev–Trinajstić information content (AvgIpc) is 2.55. The molecule has 0 unspecified atom stereocenters. The predicted molar refractivity (Wildman–Crippen MR) is 97.9 cm³/mol. The number of anilines is 1. The molecule has 0 saturated heterocycles. The second-order valence-electron chi connectivity index (χ2n) is 5.58. The van der Waals surface area contributed by atoms with Gasteiger partial charge in [0.1, 0.15) is 0 Å². The van der Waals surface area contributed by atoms with Gasteiger partial charge in [-0.2, -0.15) is 0 Å². The molecule has 2 aromatic rings. The molecule has 1 heterocycles. The number of hydrogen-bond donors (Lipinski definition) is 2. The number of benzene rings is 1. The Morgan fingerprint density at radius 3 is 2.24 bits per heavy atom. The molecule has 2 rings (SSSR count). The first-order valence-corrected chi connectivity index (χ1v) is 10.0. The smallest absolute Gasteiger partial charge is 0.240 e. The number of aromatic nitrogens is 2. The minimum atomic E-state index is -3.55. The van der Waals surface area contributed by atoms with Crippen LogP contribution in [0.1, 0.15) is 20.8 Å². The molecule has 134 valence electrons. The van der Waals surface area contributed by atoms with Gasteiger partial charge in [0.05, 0.1) is 10.1 Å². The molecular formula is C16H20N4O3S2. The summed E-state index contributed by atoms with van der Waals surface area (Å²) in [4.78, 5) is 20.5. The van der Waals surface area contributed by atoms with E-state index in [1.165, 1.54) is 23.9 Å². The molecule has 0 aliphatic carbocycles.